The minimum atomic E-state index is -1.62. The highest BCUT2D eigenvalue weighted by atomic mass is 16.7. The van der Waals surface area contributed by atoms with Gasteiger partial charge in [0.05, 0.1) is 25.4 Å². The Labute approximate surface area is 483 Å². The molecule has 0 aromatic carbocycles. The summed E-state index contributed by atoms with van der Waals surface area (Å²) in [4.78, 5) is 26.5. The Morgan fingerprint density at radius 3 is 1.41 bits per heavy atom. The first-order valence-electron chi connectivity index (χ1n) is 32.8. The van der Waals surface area contributed by atoms with E-state index in [1.54, 1.807) is 6.08 Å². The summed E-state index contributed by atoms with van der Waals surface area (Å²) in [7, 11) is 0. The minimum absolute atomic E-state index is 0.118. The zero-order valence-electron chi connectivity index (χ0n) is 50.7. The van der Waals surface area contributed by atoms with Gasteiger partial charge in [-0.05, 0) is 70.6 Å². The fraction of sp³-hybridized carbons (Fsp3) is 0.794. The highest BCUT2D eigenvalue weighted by molar-refractivity contribution is 5.80. The molecule has 0 spiro atoms. The molecular formula is C68H121NO10. The van der Waals surface area contributed by atoms with Gasteiger partial charge in [0.2, 0.25) is 5.91 Å². The van der Waals surface area contributed by atoms with E-state index in [1.165, 1.54) is 180 Å². The van der Waals surface area contributed by atoms with Crippen LogP contribution < -0.4 is 5.32 Å². The maximum atomic E-state index is 13.4. The van der Waals surface area contributed by atoms with Gasteiger partial charge >= 0.3 is 5.97 Å². The van der Waals surface area contributed by atoms with Crippen LogP contribution in [0.1, 0.15) is 284 Å². The van der Waals surface area contributed by atoms with Gasteiger partial charge in [0.1, 0.15) is 24.4 Å². The van der Waals surface area contributed by atoms with Gasteiger partial charge in [-0.1, -0.05) is 280 Å². The quantitative estimate of drug-likeness (QED) is 0.0149. The van der Waals surface area contributed by atoms with Gasteiger partial charge in [0, 0.05) is 6.42 Å². The van der Waals surface area contributed by atoms with Crippen molar-refractivity contribution in [2.45, 2.75) is 333 Å². The average molecular weight is 1110 g/mol. The smallest absolute Gasteiger partial charge is 0.306 e. The molecule has 0 radical (unpaired) electrons. The Morgan fingerprint density at radius 1 is 0.506 bits per heavy atom. The van der Waals surface area contributed by atoms with E-state index in [1.807, 2.05) is 48.6 Å². The molecule has 1 aliphatic rings. The Bertz CT molecular complexity index is 1560. The number of rotatable bonds is 55. The summed E-state index contributed by atoms with van der Waals surface area (Å²) in [5.74, 6) is -1.23. The van der Waals surface area contributed by atoms with Crippen LogP contribution in [0.3, 0.4) is 0 Å². The van der Waals surface area contributed by atoms with Crippen molar-refractivity contribution in [1.29, 1.82) is 0 Å². The molecule has 11 heteroatoms. The molecule has 0 saturated carbocycles. The summed E-state index contributed by atoms with van der Waals surface area (Å²) >= 11 is 0. The van der Waals surface area contributed by atoms with E-state index < -0.39 is 67.4 Å². The van der Waals surface area contributed by atoms with Crippen LogP contribution in [0, 0.1) is 0 Å². The van der Waals surface area contributed by atoms with Crippen LogP contribution in [0.2, 0.25) is 0 Å². The van der Waals surface area contributed by atoms with E-state index >= 15 is 0 Å². The number of aliphatic hydroxyl groups excluding tert-OH is 5. The molecule has 11 nitrogen and oxygen atoms in total. The summed E-state index contributed by atoms with van der Waals surface area (Å²) in [5, 5.41) is 56.9. The summed E-state index contributed by atoms with van der Waals surface area (Å²) in [5.41, 5.74) is 0. The van der Waals surface area contributed by atoms with E-state index in [2.05, 4.69) is 44.3 Å². The van der Waals surface area contributed by atoms with Crippen molar-refractivity contribution in [1.82, 2.24) is 5.32 Å². The Balaban J connectivity index is 2.59. The van der Waals surface area contributed by atoms with Gasteiger partial charge in [-0.25, -0.2) is 0 Å². The Morgan fingerprint density at radius 2 is 0.924 bits per heavy atom. The topological polar surface area (TPSA) is 175 Å². The van der Waals surface area contributed by atoms with Gasteiger partial charge in [0.25, 0.3) is 0 Å². The molecule has 0 bridgehead atoms. The van der Waals surface area contributed by atoms with E-state index in [4.69, 9.17) is 14.2 Å². The molecule has 1 heterocycles. The van der Waals surface area contributed by atoms with Crippen molar-refractivity contribution in [3.63, 3.8) is 0 Å². The fourth-order valence-electron chi connectivity index (χ4n) is 10.0. The molecular weight excluding hydrogens is 991 g/mol. The molecule has 1 aliphatic heterocycles. The number of hydrogen-bond donors (Lipinski definition) is 6. The van der Waals surface area contributed by atoms with Crippen LogP contribution in [0.25, 0.3) is 0 Å². The largest absolute Gasteiger partial charge is 0.454 e. The minimum Gasteiger partial charge on any atom is -0.454 e. The van der Waals surface area contributed by atoms with Crippen molar-refractivity contribution < 1.29 is 49.3 Å². The number of esters is 1. The molecule has 0 aromatic heterocycles. The van der Waals surface area contributed by atoms with Crippen LogP contribution in [0.5, 0.6) is 0 Å². The van der Waals surface area contributed by atoms with Crippen molar-refractivity contribution in [2.24, 2.45) is 0 Å². The predicted octanol–water partition coefficient (Wildman–Crippen LogP) is 16.0. The van der Waals surface area contributed by atoms with Crippen LogP contribution in [-0.2, 0) is 23.8 Å². The van der Waals surface area contributed by atoms with Crippen LogP contribution in [-0.4, -0.2) is 99.6 Å². The lowest BCUT2D eigenvalue weighted by Crippen LogP contribution is -2.61. The van der Waals surface area contributed by atoms with E-state index in [0.717, 1.165) is 57.8 Å². The molecule has 79 heavy (non-hydrogen) atoms. The number of allylic oxidation sites excluding steroid dienone is 11. The predicted molar refractivity (Wildman–Crippen MR) is 329 cm³/mol. The van der Waals surface area contributed by atoms with Crippen LogP contribution >= 0.6 is 0 Å². The van der Waals surface area contributed by atoms with Crippen molar-refractivity contribution >= 4 is 11.9 Å². The molecule has 8 atom stereocenters. The number of carbonyl (C=O) groups excluding carboxylic acids is 2. The molecule has 8 unspecified atom stereocenters. The highest BCUT2D eigenvalue weighted by Gasteiger charge is 2.47. The normalized spacial score (nSPS) is 19.3. The van der Waals surface area contributed by atoms with E-state index in [0.29, 0.717) is 12.8 Å². The number of nitrogens with one attached hydrogen (secondary N) is 1. The summed E-state index contributed by atoms with van der Waals surface area (Å²) < 4.78 is 17.6. The lowest BCUT2D eigenvalue weighted by atomic mass is 9.99. The first-order chi connectivity index (χ1) is 38.7. The lowest BCUT2D eigenvalue weighted by molar-refractivity contribution is -0.305. The number of unbranched alkanes of at least 4 members (excludes halogenated alkanes) is 34. The monoisotopic (exact) mass is 1110 g/mol. The zero-order chi connectivity index (χ0) is 57.5. The zero-order valence-corrected chi connectivity index (χ0v) is 50.7. The fourth-order valence-corrected chi connectivity index (χ4v) is 10.0. The third-order valence-electron chi connectivity index (χ3n) is 15.2. The number of amides is 1. The number of ether oxygens (including phenoxy) is 3. The second-order valence-corrected chi connectivity index (χ2v) is 22.6. The van der Waals surface area contributed by atoms with E-state index in [9.17, 15) is 35.1 Å². The number of carbonyl (C=O) groups is 2. The van der Waals surface area contributed by atoms with Gasteiger partial charge in [-0.3, -0.25) is 9.59 Å². The van der Waals surface area contributed by atoms with Crippen molar-refractivity contribution in [3.05, 3.63) is 72.9 Å². The van der Waals surface area contributed by atoms with Crippen LogP contribution in [0.4, 0.5) is 0 Å². The second kappa shape index (κ2) is 55.6. The summed E-state index contributed by atoms with van der Waals surface area (Å²) in [6.07, 6.45) is 61.1. The molecule has 0 aromatic rings. The standard InChI is InChI=1S/C68H121NO10/c1-4-7-10-13-16-19-22-25-26-27-28-29-30-31-32-33-34-35-36-38-41-44-47-50-53-56-63(73)79-66-65(75)64(74)62(57-70)78-68(66)77-58-59(60(71)54-51-48-45-42-40-37-23-20-17-14-11-8-5-2)69-67(76)61(72)55-52-49-46-43-39-24-21-18-15-12-9-6-3/h9,12,15,18,21,24-26,39,43,51,54,59-62,64-66,68,70-72,74-75H,4-8,10-11,13-14,16-17,19-20,22-23,27-38,40-42,44-50,52-53,55-58H2,1-3H3,(H,69,76)/b12-9+,18-15+,24-21-,26-25+,43-39-,54-51+. The van der Waals surface area contributed by atoms with Gasteiger partial charge < -0.3 is 45.1 Å². The summed E-state index contributed by atoms with van der Waals surface area (Å²) in [6.45, 7) is 5.63. The molecule has 1 rings (SSSR count). The molecule has 6 N–H and O–H groups in total. The van der Waals surface area contributed by atoms with E-state index in [-0.39, 0.29) is 19.4 Å². The molecule has 1 amide bonds. The maximum absolute atomic E-state index is 13.4. The average Bonchev–Trinajstić information content (AvgIpc) is 3.51. The highest BCUT2D eigenvalue weighted by Crippen LogP contribution is 2.26. The first-order valence-corrected chi connectivity index (χ1v) is 32.8. The Kier molecular flexibility index (Phi) is 52.2. The van der Waals surface area contributed by atoms with Crippen molar-refractivity contribution in [3.8, 4) is 0 Å². The number of aliphatic hydroxyl groups is 5. The lowest BCUT2D eigenvalue weighted by Gasteiger charge is -2.41. The second-order valence-electron chi connectivity index (χ2n) is 22.6. The van der Waals surface area contributed by atoms with Crippen molar-refractivity contribution in [2.75, 3.05) is 13.2 Å². The molecule has 1 fully saturated rings. The first kappa shape index (κ1) is 74.1. The third-order valence-corrected chi connectivity index (χ3v) is 15.2. The van der Waals surface area contributed by atoms with Gasteiger partial charge in [0.15, 0.2) is 12.4 Å². The molecule has 0 aliphatic carbocycles. The SMILES string of the molecule is CC/C=C/C=C/C=C\C=C/CCCCC(O)C(=O)NC(COC1OC(CO)C(O)C(O)C1OC(=O)CCCCCCCCCCCCCCCCC/C=C/CCCCCCCC)C(O)/C=C/CCCCCCCCCCCCC. The summed E-state index contributed by atoms with van der Waals surface area (Å²) in [6, 6.07) is -1.05. The third kappa shape index (κ3) is 43.5. The number of hydrogen-bond acceptors (Lipinski definition) is 10. The Hall–Kier alpha value is -2.90. The van der Waals surface area contributed by atoms with Gasteiger partial charge in [-0.15, -0.1) is 0 Å². The van der Waals surface area contributed by atoms with Crippen LogP contribution in [0.15, 0.2) is 72.9 Å². The maximum Gasteiger partial charge on any atom is 0.306 e. The molecule has 1 saturated heterocycles. The molecule has 458 valence electrons. The van der Waals surface area contributed by atoms with Gasteiger partial charge in [-0.2, -0.15) is 0 Å².